The molecule has 0 amide bonds. The fourth-order valence-electron chi connectivity index (χ4n) is 11.8. The van der Waals surface area contributed by atoms with Gasteiger partial charge < -0.3 is 20.1 Å². The largest absolute Gasteiger partial charge is 0.393 e. The molecule has 0 spiro atoms. The van der Waals surface area contributed by atoms with Gasteiger partial charge in [0.25, 0.3) is 0 Å². The Balaban J connectivity index is 1.49. The summed E-state index contributed by atoms with van der Waals surface area (Å²) in [6.07, 6.45) is 7.65. The Labute approximate surface area is 225 Å². The van der Waals surface area contributed by atoms with E-state index in [1.165, 1.54) is 0 Å². The monoisotopic (exact) mass is 518 g/mol. The van der Waals surface area contributed by atoms with Gasteiger partial charge in [0.15, 0.2) is 5.78 Å². The standard InChI is InChI=1S/C32H54O5/c1-19(33)32(36)17-16-28(6)23(26(32,2)3)11-14-30(8)25(28)22(34)18-21-20(10-13-29(21,30)7)31(9)15-12-24(37-31)27(4,5)35/h20-25,34-36H,10-18H2,1-9H3/t20-,21-,22+,23?,24+,25+,28-,29-,30+,31-,32-/m0/s1. The van der Waals surface area contributed by atoms with Crippen molar-refractivity contribution in [2.24, 2.45) is 45.3 Å². The molecule has 5 nitrogen and oxygen atoms in total. The van der Waals surface area contributed by atoms with Gasteiger partial charge in [-0.2, -0.15) is 0 Å². The number of hydrogen-bond donors (Lipinski definition) is 3. The number of ketones is 1. The SMILES string of the molecule is CC(=O)[C@@]1(O)CC[C@@]2(C)C(CC[C@]3(C)[C@@H]2[C@H](O)C[C@H]2[C@@H]([C@]4(C)CC[C@H](C(C)(C)O)O4)CC[C@@]23C)C1(C)C. The molecule has 0 radical (unpaired) electrons. The zero-order chi connectivity index (χ0) is 27.6. The van der Waals surface area contributed by atoms with E-state index in [1.54, 1.807) is 6.92 Å². The number of fused-ring (bicyclic) bond motifs is 5. The lowest BCUT2D eigenvalue weighted by atomic mass is 9.33. The van der Waals surface area contributed by atoms with Crippen LogP contribution in [0, 0.1) is 45.3 Å². The van der Waals surface area contributed by atoms with E-state index in [0.717, 1.165) is 51.4 Å². The summed E-state index contributed by atoms with van der Waals surface area (Å²) in [5, 5.41) is 34.3. The molecule has 5 rings (SSSR count). The zero-order valence-electron chi connectivity index (χ0n) is 25.0. The Bertz CT molecular complexity index is 953. The molecule has 212 valence electrons. The van der Waals surface area contributed by atoms with Crippen LogP contribution in [0.1, 0.15) is 120 Å². The number of aliphatic hydroxyl groups excluding tert-OH is 1. The fourth-order valence-corrected chi connectivity index (χ4v) is 11.8. The van der Waals surface area contributed by atoms with Gasteiger partial charge in [-0.1, -0.05) is 34.6 Å². The van der Waals surface area contributed by atoms with Crippen LogP contribution in [0.5, 0.6) is 0 Å². The van der Waals surface area contributed by atoms with Crippen molar-refractivity contribution < 1.29 is 24.9 Å². The summed E-state index contributed by atoms with van der Waals surface area (Å²) in [4.78, 5) is 12.7. The minimum atomic E-state index is -1.29. The third-order valence-corrected chi connectivity index (χ3v) is 14.0. The van der Waals surface area contributed by atoms with E-state index in [0.29, 0.717) is 18.3 Å². The first-order valence-corrected chi connectivity index (χ1v) is 15.1. The maximum absolute atomic E-state index is 12.7. The summed E-state index contributed by atoms with van der Waals surface area (Å²) in [7, 11) is 0. The van der Waals surface area contributed by atoms with Crippen LogP contribution in [0.4, 0.5) is 0 Å². The zero-order valence-corrected chi connectivity index (χ0v) is 25.0. The van der Waals surface area contributed by atoms with Gasteiger partial charge in [0, 0.05) is 5.41 Å². The summed E-state index contributed by atoms with van der Waals surface area (Å²) in [6.45, 7) is 19.1. The van der Waals surface area contributed by atoms with Crippen LogP contribution in [0.25, 0.3) is 0 Å². The van der Waals surface area contributed by atoms with E-state index >= 15 is 0 Å². The van der Waals surface area contributed by atoms with Crippen molar-refractivity contribution in [3.8, 4) is 0 Å². The first-order chi connectivity index (χ1) is 16.8. The molecule has 0 bridgehead atoms. The lowest BCUT2D eigenvalue weighted by Gasteiger charge is -2.71. The second kappa shape index (κ2) is 8.04. The average Bonchev–Trinajstić information content (AvgIpc) is 3.33. The summed E-state index contributed by atoms with van der Waals surface area (Å²) in [5.74, 6) is 0.998. The Kier molecular flexibility index (Phi) is 6.10. The molecule has 4 aliphatic carbocycles. The smallest absolute Gasteiger partial charge is 0.161 e. The molecule has 5 aliphatic rings. The van der Waals surface area contributed by atoms with Gasteiger partial charge in [-0.15, -0.1) is 0 Å². The molecule has 1 unspecified atom stereocenters. The topological polar surface area (TPSA) is 87.0 Å². The van der Waals surface area contributed by atoms with Gasteiger partial charge in [0.1, 0.15) is 5.60 Å². The number of carbonyl (C=O) groups is 1. The molecule has 5 fully saturated rings. The van der Waals surface area contributed by atoms with Crippen molar-refractivity contribution in [3.05, 3.63) is 0 Å². The number of Topliss-reactive ketones (excluding diaryl/α,β-unsaturated/α-hetero) is 1. The first kappa shape index (κ1) is 28.1. The van der Waals surface area contributed by atoms with E-state index in [-0.39, 0.29) is 45.6 Å². The molecule has 4 saturated carbocycles. The molecule has 11 atom stereocenters. The van der Waals surface area contributed by atoms with E-state index in [1.807, 2.05) is 13.8 Å². The summed E-state index contributed by atoms with van der Waals surface area (Å²) < 4.78 is 6.68. The van der Waals surface area contributed by atoms with E-state index in [9.17, 15) is 20.1 Å². The third-order valence-electron chi connectivity index (χ3n) is 14.0. The summed E-state index contributed by atoms with van der Waals surface area (Å²) in [5.41, 5.74) is -2.95. The number of ether oxygens (including phenoxy) is 1. The highest BCUT2D eigenvalue weighted by Crippen LogP contribution is 2.76. The highest BCUT2D eigenvalue weighted by molar-refractivity contribution is 5.86. The molecule has 0 aromatic heterocycles. The lowest BCUT2D eigenvalue weighted by molar-refractivity contribution is -0.269. The first-order valence-electron chi connectivity index (χ1n) is 15.1. The van der Waals surface area contributed by atoms with Crippen molar-refractivity contribution in [1.82, 2.24) is 0 Å². The molecule has 5 heteroatoms. The molecular weight excluding hydrogens is 464 g/mol. The van der Waals surface area contributed by atoms with E-state index in [2.05, 4.69) is 41.5 Å². The molecule has 1 aliphatic heterocycles. The van der Waals surface area contributed by atoms with E-state index in [4.69, 9.17) is 4.74 Å². The van der Waals surface area contributed by atoms with Crippen molar-refractivity contribution in [1.29, 1.82) is 0 Å². The minimum absolute atomic E-state index is 0.0122. The van der Waals surface area contributed by atoms with Crippen LogP contribution in [-0.2, 0) is 9.53 Å². The molecule has 3 N–H and O–H groups in total. The minimum Gasteiger partial charge on any atom is -0.393 e. The highest BCUT2D eigenvalue weighted by atomic mass is 16.5. The Morgan fingerprint density at radius 2 is 1.49 bits per heavy atom. The fraction of sp³-hybridized carbons (Fsp3) is 0.969. The van der Waals surface area contributed by atoms with E-state index < -0.39 is 22.7 Å². The summed E-state index contributed by atoms with van der Waals surface area (Å²) in [6, 6.07) is 0. The van der Waals surface area contributed by atoms with Crippen molar-refractivity contribution >= 4 is 5.78 Å². The van der Waals surface area contributed by atoms with Crippen LogP contribution < -0.4 is 0 Å². The van der Waals surface area contributed by atoms with Gasteiger partial charge in [-0.05, 0) is 125 Å². The number of rotatable bonds is 3. The number of carbonyl (C=O) groups excluding carboxylic acids is 1. The van der Waals surface area contributed by atoms with Crippen LogP contribution in [0.2, 0.25) is 0 Å². The molecule has 1 saturated heterocycles. The van der Waals surface area contributed by atoms with Gasteiger partial charge in [-0.25, -0.2) is 0 Å². The van der Waals surface area contributed by atoms with Crippen LogP contribution in [0.3, 0.4) is 0 Å². The second-order valence-corrected chi connectivity index (χ2v) is 16.2. The molecule has 0 aromatic carbocycles. The highest BCUT2D eigenvalue weighted by Gasteiger charge is 2.73. The van der Waals surface area contributed by atoms with Crippen LogP contribution in [0.15, 0.2) is 0 Å². The Hall–Kier alpha value is -0.490. The van der Waals surface area contributed by atoms with Gasteiger partial charge in [0.2, 0.25) is 0 Å². The Morgan fingerprint density at radius 3 is 2.05 bits per heavy atom. The van der Waals surface area contributed by atoms with Gasteiger partial charge >= 0.3 is 0 Å². The molecular formula is C32H54O5. The van der Waals surface area contributed by atoms with Crippen molar-refractivity contribution in [2.75, 3.05) is 0 Å². The second-order valence-electron chi connectivity index (χ2n) is 16.2. The predicted octanol–water partition coefficient (Wildman–Crippen LogP) is 5.67. The van der Waals surface area contributed by atoms with Gasteiger partial charge in [-0.3, -0.25) is 4.79 Å². The lowest BCUT2D eigenvalue weighted by Crippen LogP contribution is -2.70. The maximum Gasteiger partial charge on any atom is 0.161 e. The maximum atomic E-state index is 12.7. The van der Waals surface area contributed by atoms with Crippen LogP contribution >= 0.6 is 0 Å². The van der Waals surface area contributed by atoms with Crippen molar-refractivity contribution in [3.63, 3.8) is 0 Å². The quantitative estimate of drug-likeness (QED) is 0.448. The predicted molar refractivity (Wildman–Crippen MR) is 145 cm³/mol. The molecule has 37 heavy (non-hydrogen) atoms. The number of hydrogen-bond acceptors (Lipinski definition) is 5. The Morgan fingerprint density at radius 1 is 0.865 bits per heavy atom. The molecule has 0 aromatic rings. The summed E-state index contributed by atoms with van der Waals surface area (Å²) >= 11 is 0. The third kappa shape index (κ3) is 3.45. The average molecular weight is 519 g/mol. The van der Waals surface area contributed by atoms with Crippen molar-refractivity contribution in [2.45, 2.75) is 149 Å². The molecule has 1 heterocycles. The van der Waals surface area contributed by atoms with Gasteiger partial charge in [0.05, 0.1) is 23.4 Å². The van der Waals surface area contributed by atoms with Crippen LogP contribution in [-0.4, -0.2) is 50.1 Å². The normalized spacial score (nSPS) is 55.4. The number of aliphatic hydroxyl groups is 3.